The molecular weight excluding hydrogens is 348 g/mol. The number of piperidine rings is 1. The van der Waals surface area contributed by atoms with Crippen LogP contribution in [0.5, 0.6) is 5.75 Å². The van der Waals surface area contributed by atoms with Crippen LogP contribution in [0.3, 0.4) is 0 Å². The highest BCUT2D eigenvalue weighted by Gasteiger charge is 2.14. The lowest BCUT2D eigenvalue weighted by Gasteiger charge is -2.29. The Labute approximate surface area is 160 Å². The number of carbonyl (C=O) groups is 1. The van der Waals surface area contributed by atoms with Gasteiger partial charge in [-0.1, -0.05) is 23.7 Å². The fraction of sp³-hybridized carbons (Fsp3) is 0.381. The number of ether oxygens (including phenoxy) is 1. The number of amides is 1. The highest BCUT2D eigenvalue weighted by molar-refractivity contribution is 6.33. The van der Waals surface area contributed by atoms with E-state index >= 15 is 0 Å². The van der Waals surface area contributed by atoms with Crippen LogP contribution in [0.2, 0.25) is 5.02 Å². The summed E-state index contributed by atoms with van der Waals surface area (Å²) in [7, 11) is 0. The van der Waals surface area contributed by atoms with E-state index in [0.29, 0.717) is 10.7 Å². The second kappa shape index (κ2) is 8.45. The molecule has 2 aromatic rings. The van der Waals surface area contributed by atoms with Crippen molar-refractivity contribution >= 4 is 28.9 Å². The monoisotopic (exact) mass is 372 g/mol. The Bertz CT molecular complexity index is 786. The third kappa shape index (κ3) is 4.50. The molecule has 0 spiro atoms. The molecule has 0 atom stereocenters. The summed E-state index contributed by atoms with van der Waals surface area (Å²) >= 11 is 6.43. The summed E-state index contributed by atoms with van der Waals surface area (Å²) < 4.78 is 5.65. The second-order valence-electron chi connectivity index (χ2n) is 6.75. The molecule has 138 valence electrons. The number of rotatable bonds is 5. The van der Waals surface area contributed by atoms with Crippen molar-refractivity contribution in [3.05, 3.63) is 52.5 Å². The van der Waals surface area contributed by atoms with E-state index in [1.807, 2.05) is 44.2 Å². The third-order valence-electron chi connectivity index (χ3n) is 4.84. The van der Waals surface area contributed by atoms with Gasteiger partial charge < -0.3 is 15.0 Å². The number of anilines is 2. The predicted molar refractivity (Wildman–Crippen MR) is 108 cm³/mol. The van der Waals surface area contributed by atoms with E-state index < -0.39 is 0 Å². The van der Waals surface area contributed by atoms with Crippen LogP contribution in [0.1, 0.15) is 30.4 Å². The highest BCUT2D eigenvalue weighted by Crippen LogP contribution is 2.30. The van der Waals surface area contributed by atoms with Crippen LogP contribution in [0.4, 0.5) is 11.4 Å². The molecule has 26 heavy (non-hydrogen) atoms. The van der Waals surface area contributed by atoms with Gasteiger partial charge in [-0.2, -0.15) is 0 Å². The quantitative estimate of drug-likeness (QED) is 0.806. The van der Waals surface area contributed by atoms with Gasteiger partial charge in [-0.05, 0) is 68.5 Å². The maximum atomic E-state index is 12.2. The van der Waals surface area contributed by atoms with Crippen molar-refractivity contribution in [2.45, 2.75) is 33.1 Å². The van der Waals surface area contributed by atoms with Crippen LogP contribution in [0, 0.1) is 13.8 Å². The van der Waals surface area contributed by atoms with Crippen LogP contribution in [-0.4, -0.2) is 25.6 Å². The van der Waals surface area contributed by atoms with Crippen molar-refractivity contribution in [2.24, 2.45) is 0 Å². The zero-order valence-corrected chi connectivity index (χ0v) is 16.1. The normalized spacial score (nSPS) is 14.2. The van der Waals surface area contributed by atoms with Crippen LogP contribution in [-0.2, 0) is 4.79 Å². The SMILES string of the molecule is Cc1cccc(OCC(=O)Nc2ccc(N3CCCCC3)c(Cl)c2)c1C. The molecule has 1 aliphatic rings. The number of halogens is 1. The average Bonchev–Trinajstić information content (AvgIpc) is 2.64. The van der Waals surface area contributed by atoms with Gasteiger partial charge in [-0.15, -0.1) is 0 Å². The molecule has 1 heterocycles. The Kier molecular flexibility index (Phi) is 6.04. The van der Waals surface area contributed by atoms with Gasteiger partial charge in [-0.3, -0.25) is 4.79 Å². The smallest absolute Gasteiger partial charge is 0.262 e. The molecule has 5 heteroatoms. The number of benzene rings is 2. The molecule has 0 bridgehead atoms. The fourth-order valence-corrected chi connectivity index (χ4v) is 3.50. The minimum atomic E-state index is -0.201. The summed E-state index contributed by atoms with van der Waals surface area (Å²) in [5.74, 6) is 0.534. The van der Waals surface area contributed by atoms with Gasteiger partial charge in [0.25, 0.3) is 5.91 Å². The van der Waals surface area contributed by atoms with Gasteiger partial charge in [0.15, 0.2) is 6.61 Å². The second-order valence-corrected chi connectivity index (χ2v) is 7.16. The molecule has 1 aliphatic heterocycles. The van der Waals surface area contributed by atoms with Crippen molar-refractivity contribution in [1.29, 1.82) is 0 Å². The van der Waals surface area contributed by atoms with Gasteiger partial charge in [-0.25, -0.2) is 0 Å². The molecule has 0 saturated carbocycles. The topological polar surface area (TPSA) is 41.6 Å². The van der Waals surface area contributed by atoms with Gasteiger partial charge in [0, 0.05) is 18.8 Å². The zero-order chi connectivity index (χ0) is 18.5. The van der Waals surface area contributed by atoms with Crippen molar-refractivity contribution in [3.8, 4) is 5.75 Å². The summed E-state index contributed by atoms with van der Waals surface area (Å²) in [4.78, 5) is 14.5. The molecule has 1 amide bonds. The number of hydrogen-bond acceptors (Lipinski definition) is 3. The van der Waals surface area contributed by atoms with Gasteiger partial charge in [0.1, 0.15) is 5.75 Å². The lowest BCUT2D eigenvalue weighted by atomic mass is 10.1. The first kappa shape index (κ1) is 18.6. The van der Waals surface area contributed by atoms with E-state index in [-0.39, 0.29) is 12.5 Å². The molecule has 3 rings (SSSR count). The summed E-state index contributed by atoms with van der Waals surface area (Å²) in [6.07, 6.45) is 3.68. The fourth-order valence-electron chi connectivity index (χ4n) is 3.20. The maximum absolute atomic E-state index is 12.2. The van der Waals surface area contributed by atoms with Gasteiger partial charge >= 0.3 is 0 Å². The van der Waals surface area contributed by atoms with Gasteiger partial charge in [0.2, 0.25) is 0 Å². The Morgan fingerprint density at radius 2 is 1.92 bits per heavy atom. The summed E-state index contributed by atoms with van der Waals surface area (Å²) in [5, 5.41) is 3.52. The van der Waals surface area contributed by atoms with Crippen LogP contribution < -0.4 is 15.0 Å². The molecular formula is C21H25ClN2O2. The van der Waals surface area contributed by atoms with E-state index in [4.69, 9.17) is 16.3 Å². The minimum Gasteiger partial charge on any atom is -0.483 e. The van der Waals surface area contributed by atoms with Gasteiger partial charge in [0.05, 0.1) is 10.7 Å². The first-order valence-electron chi connectivity index (χ1n) is 9.08. The summed E-state index contributed by atoms with van der Waals surface area (Å²) in [6.45, 7) is 6.05. The first-order valence-corrected chi connectivity index (χ1v) is 9.46. The van der Waals surface area contributed by atoms with Crippen LogP contribution in [0.15, 0.2) is 36.4 Å². The number of nitrogens with one attached hydrogen (secondary N) is 1. The van der Waals surface area contributed by atoms with E-state index in [9.17, 15) is 4.79 Å². The van der Waals surface area contributed by atoms with E-state index in [1.54, 1.807) is 6.07 Å². The molecule has 0 aromatic heterocycles. The molecule has 4 nitrogen and oxygen atoms in total. The molecule has 0 aliphatic carbocycles. The van der Waals surface area contributed by atoms with Crippen molar-refractivity contribution in [3.63, 3.8) is 0 Å². The first-order chi connectivity index (χ1) is 12.5. The number of aryl methyl sites for hydroxylation is 1. The van der Waals surface area contributed by atoms with Crippen molar-refractivity contribution < 1.29 is 9.53 Å². The van der Waals surface area contributed by atoms with E-state index in [1.165, 1.54) is 19.3 Å². The lowest BCUT2D eigenvalue weighted by molar-refractivity contribution is -0.118. The maximum Gasteiger partial charge on any atom is 0.262 e. The summed E-state index contributed by atoms with van der Waals surface area (Å²) in [6, 6.07) is 11.5. The largest absolute Gasteiger partial charge is 0.483 e. The lowest BCUT2D eigenvalue weighted by Crippen LogP contribution is -2.29. The van der Waals surface area contributed by atoms with Crippen LogP contribution >= 0.6 is 11.6 Å². The van der Waals surface area contributed by atoms with Crippen molar-refractivity contribution in [2.75, 3.05) is 29.9 Å². The minimum absolute atomic E-state index is 0.0320. The number of carbonyl (C=O) groups excluding carboxylic acids is 1. The Balaban J connectivity index is 1.59. The molecule has 0 unspecified atom stereocenters. The summed E-state index contributed by atoms with van der Waals surface area (Å²) in [5.41, 5.74) is 3.92. The number of nitrogens with zero attached hydrogens (tertiary/aromatic N) is 1. The standard InChI is InChI=1S/C21H25ClN2O2/c1-15-7-6-8-20(16(15)2)26-14-21(25)23-17-9-10-19(18(22)13-17)24-11-4-3-5-12-24/h6-10,13H,3-5,11-12,14H2,1-2H3,(H,23,25). The molecule has 1 N–H and O–H groups in total. The molecule has 1 saturated heterocycles. The molecule has 1 fully saturated rings. The Morgan fingerprint density at radius 3 is 2.65 bits per heavy atom. The number of hydrogen-bond donors (Lipinski definition) is 1. The molecule has 2 aromatic carbocycles. The Morgan fingerprint density at radius 1 is 1.15 bits per heavy atom. The van der Waals surface area contributed by atoms with Crippen molar-refractivity contribution in [1.82, 2.24) is 0 Å². The average molecular weight is 373 g/mol. The molecule has 0 radical (unpaired) electrons. The van der Waals surface area contributed by atoms with E-state index in [0.717, 1.165) is 35.7 Å². The highest BCUT2D eigenvalue weighted by atomic mass is 35.5. The Hall–Kier alpha value is -2.20. The third-order valence-corrected chi connectivity index (χ3v) is 5.14. The van der Waals surface area contributed by atoms with E-state index in [2.05, 4.69) is 10.2 Å². The van der Waals surface area contributed by atoms with Crippen LogP contribution in [0.25, 0.3) is 0 Å². The predicted octanol–water partition coefficient (Wildman–Crippen LogP) is 4.96. The zero-order valence-electron chi connectivity index (χ0n) is 15.3.